The van der Waals surface area contributed by atoms with Crippen LogP contribution >= 0.6 is 0 Å². The number of rotatable bonds is 8. The zero-order valence-electron chi connectivity index (χ0n) is 13.9. The standard InChI is InChI=1S/C12H26N2O.2C2H6/c15-12-6-4-2-1-3-5-9-14-10-7-13-8-11-14;2*1-2/h13,15H,1-12H2;2*1-2H3. The predicted octanol–water partition coefficient (Wildman–Crippen LogP) is 3.28. The van der Waals surface area contributed by atoms with E-state index in [4.69, 9.17) is 5.11 Å². The summed E-state index contributed by atoms with van der Waals surface area (Å²) in [5.41, 5.74) is 0. The van der Waals surface area contributed by atoms with Crippen molar-refractivity contribution in [1.29, 1.82) is 0 Å². The van der Waals surface area contributed by atoms with Gasteiger partial charge in [0.1, 0.15) is 0 Å². The van der Waals surface area contributed by atoms with Gasteiger partial charge in [0.05, 0.1) is 0 Å². The third kappa shape index (κ3) is 15.8. The van der Waals surface area contributed by atoms with Gasteiger partial charge in [0.2, 0.25) is 0 Å². The van der Waals surface area contributed by atoms with Gasteiger partial charge in [0.15, 0.2) is 0 Å². The average Bonchev–Trinajstić information content (AvgIpc) is 2.51. The van der Waals surface area contributed by atoms with E-state index in [1.54, 1.807) is 0 Å². The van der Waals surface area contributed by atoms with E-state index in [1.807, 2.05) is 27.7 Å². The highest BCUT2D eigenvalue weighted by atomic mass is 16.2. The summed E-state index contributed by atoms with van der Waals surface area (Å²) in [7, 11) is 0. The van der Waals surface area contributed by atoms with Crippen molar-refractivity contribution in [3.63, 3.8) is 0 Å². The number of piperazine rings is 1. The first-order valence-electron chi connectivity index (χ1n) is 8.47. The van der Waals surface area contributed by atoms with Crippen molar-refractivity contribution in [2.45, 2.75) is 66.2 Å². The molecule has 19 heavy (non-hydrogen) atoms. The van der Waals surface area contributed by atoms with Crippen LogP contribution in [0.2, 0.25) is 0 Å². The molecule has 0 spiro atoms. The summed E-state index contributed by atoms with van der Waals surface area (Å²) in [6, 6.07) is 0. The number of aliphatic hydroxyl groups excluding tert-OH is 1. The Labute approximate surface area is 121 Å². The van der Waals surface area contributed by atoms with Crippen LogP contribution in [-0.4, -0.2) is 49.3 Å². The lowest BCUT2D eigenvalue weighted by atomic mass is 10.1. The van der Waals surface area contributed by atoms with E-state index in [2.05, 4.69) is 10.2 Å². The first-order valence-corrected chi connectivity index (χ1v) is 8.47. The summed E-state index contributed by atoms with van der Waals surface area (Å²) in [6.45, 7) is 14.4. The second-order valence-corrected chi connectivity index (χ2v) is 4.44. The van der Waals surface area contributed by atoms with Gasteiger partial charge in [-0.05, 0) is 19.4 Å². The summed E-state index contributed by atoms with van der Waals surface area (Å²) < 4.78 is 0. The van der Waals surface area contributed by atoms with Crippen molar-refractivity contribution in [3.05, 3.63) is 0 Å². The molecular formula is C16H38N2O. The molecule has 0 aromatic heterocycles. The lowest BCUT2D eigenvalue weighted by Gasteiger charge is -2.26. The normalized spacial score (nSPS) is 15.0. The molecule has 1 saturated heterocycles. The highest BCUT2D eigenvalue weighted by molar-refractivity contribution is 4.67. The maximum absolute atomic E-state index is 8.63. The highest BCUT2D eigenvalue weighted by Crippen LogP contribution is 2.06. The van der Waals surface area contributed by atoms with Gasteiger partial charge in [-0.2, -0.15) is 0 Å². The fraction of sp³-hybridized carbons (Fsp3) is 1.00. The predicted molar refractivity (Wildman–Crippen MR) is 86.8 cm³/mol. The molecule has 0 atom stereocenters. The summed E-state index contributed by atoms with van der Waals surface area (Å²) >= 11 is 0. The smallest absolute Gasteiger partial charge is 0.0431 e. The minimum Gasteiger partial charge on any atom is -0.396 e. The molecule has 1 rings (SSSR count). The fourth-order valence-corrected chi connectivity index (χ4v) is 2.09. The molecule has 0 saturated carbocycles. The molecule has 0 unspecified atom stereocenters. The van der Waals surface area contributed by atoms with Crippen LogP contribution in [0.5, 0.6) is 0 Å². The largest absolute Gasteiger partial charge is 0.396 e. The van der Waals surface area contributed by atoms with Crippen LogP contribution in [0.4, 0.5) is 0 Å². The van der Waals surface area contributed by atoms with E-state index >= 15 is 0 Å². The van der Waals surface area contributed by atoms with Crippen LogP contribution in [-0.2, 0) is 0 Å². The molecule has 2 N–H and O–H groups in total. The Morgan fingerprint density at radius 2 is 1.26 bits per heavy atom. The van der Waals surface area contributed by atoms with Crippen LogP contribution in [0.1, 0.15) is 66.2 Å². The molecule has 1 aliphatic heterocycles. The van der Waals surface area contributed by atoms with Crippen LogP contribution in [0, 0.1) is 0 Å². The van der Waals surface area contributed by atoms with E-state index in [9.17, 15) is 0 Å². The number of nitrogens with zero attached hydrogens (tertiary/aromatic N) is 1. The minimum absolute atomic E-state index is 0.362. The van der Waals surface area contributed by atoms with Gasteiger partial charge in [0, 0.05) is 32.8 Å². The van der Waals surface area contributed by atoms with E-state index in [-0.39, 0.29) is 0 Å². The highest BCUT2D eigenvalue weighted by Gasteiger charge is 2.07. The second-order valence-electron chi connectivity index (χ2n) is 4.44. The van der Waals surface area contributed by atoms with Crippen LogP contribution < -0.4 is 5.32 Å². The Balaban J connectivity index is 0. The number of unbranched alkanes of at least 4 members (excludes halogenated alkanes) is 5. The van der Waals surface area contributed by atoms with Gasteiger partial charge in [-0.15, -0.1) is 0 Å². The number of nitrogens with one attached hydrogen (secondary N) is 1. The lowest BCUT2D eigenvalue weighted by molar-refractivity contribution is 0.235. The summed E-state index contributed by atoms with van der Waals surface area (Å²) in [5.74, 6) is 0. The Morgan fingerprint density at radius 1 is 0.789 bits per heavy atom. The molecule has 0 amide bonds. The van der Waals surface area contributed by atoms with Gasteiger partial charge in [-0.25, -0.2) is 0 Å². The van der Waals surface area contributed by atoms with Crippen molar-refractivity contribution in [1.82, 2.24) is 10.2 Å². The van der Waals surface area contributed by atoms with Crippen molar-refractivity contribution in [3.8, 4) is 0 Å². The van der Waals surface area contributed by atoms with Crippen molar-refractivity contribution in [2.24, 2.45) is 0 Å². The first kappa shape index (κ1) is 21.2. The van der Waals surface area contributed by atoms with Gasteiger partial charge < -0.3 is 15.3 Å². The zero-order chi connectivity index (χ0) is 14.8. The molecule has 1 fully saturated rings. The van der Waals surface area contributed by atoms with Crippen molar-refractivity contribution < 1.29 is 5.11 Å². The van der Waals surface area contributed by atoms with Crippen molar-refractivity contribution in [2.75, 3.05) is 39.3 Å². The molecule has 3 heteroatoms. The van der Waals surface area contributed by atoms with E-state index in [1.165, 1.54) is 51.7 Å². The van der Waals surface area contributed by atoms with Crippen LogP contribution in [0.3, 0.4) is 0 Å². The molecule has 0 aromatic carbocycles. The van der Waals surface area contributed by atoms with Gasteiger partial charge in [-0.1, -0.05) is 53.4 Å². The van der Waals surface area contributed by atoms with Gasteiger partial charge in [0.25, 0.3) is 0 Å². The molecule has 0 radical (unpaired) electrons. The van der Waals surface area contributed by atoms with Crippen molar-refractivity contribution >= 4 is 0 Å². The maximum Gasteiger partial charge on any atom is 0.0431 e. The second kappa shape index (κ2) is 20.2. The number of hydrogen-bond donors (Lipinski definition) is 2. The van der Waals surface area contributed by atoms with E-state index in [0.29, 0.717) is 6.61 Å². The average molecular weight is 274 g/mol. The van der Waals surface area contributed by atoms with Gasteiger partial charge >= 0.3 is 0 Å². The fourth-order valence-electron chi connectivity index (χ4n) is 2.09. The third-order valence-electron chi connectivity index (χ3n) is 3.09. The summed E-state index contributed by atoms with van der Waals surface area (Å²) in [5, 5.41) is 12.0. The lowest BCUT2D eigenvalue weighted by Crippen LogP contribution is -2.43. The molecule has 1 aliphatic rings. The molecule has 0 bridgehead atoms. The monoisotopic (exact) mass is 274 g/mol. The molecule has 3 nitrogen and oxygen atoms in total. The number of aliphatic hydroxyl groups is 1. The zero-order valence-corrected chi connectivity index (χ0v) is 13.9. The van der Waals surface area contributed by atoms with E-state index < -0.39 is 0 Å². The quantitative estimate of drug-likeness (QED) is 0.667. The minimum atomic E-state index is 0.362. The molecular weight excluding hydrogens is 236 g/mol. The summed E-state index contributed by atoms with van der Waals surface area (Å²) in [4.78, 5) is 2.56. The maximum atomic E-state index is 8.63. The van der Waals surface area contributed by atoms with E-state index in [0.717, 1.165) is 19.5 Å². The summed E-state index contributed by atoms with van der Waals surface area (Å²) in [6.07, 6.45) is 7.52. The first-order chi connectivity index (χ1) is 9.43. The van der Waals surface area contributed by atoms with Crippen LogP contribution in [0.25, 0.3) is 0 Å². The Kier molecular flexibility index (Phi) is 22.5. The van der Waals surface area contributed by atoms with Gasteiger partial charge in [-0.3, -0.25) is 0 Å². The van der Waals surface area contributed by atoms with Crippen LogP contribution in [0.15, 0.2) is 0 Å². The molecule has 1 heterocycles. The molecule has 118 valence electrons. The number of hydrogen-bond acceptors (Lipinski definition) is 3. The SMILES string of the molecule is CC.CC.OCCCCCCCCN1CCNCC1. The molecule has 0 aromatic rings. The Morgan fingerprint density at radius 3 is 1.79 bits per heavy atom. The molecule has 0 aliphatic carbocycles. The third-order valence-corrected chi connectivity index (χ3v) is 3.09. The topological polar surface area (TPSA) is 35.5 Å². The Bertz CT molecular complexity index is 137. The Hall–Kier alpha value is -0.120.